The van der Waals surface area contributed by atoms with Crippen LogP contribution in [0.3, 0.4) is 0 Å². The van der Waals surface area contributed by atoms with E-state index in [-0.39, 0.29) is 51.3 Å². The van der Waals surface area contributed by atoms with Gasteiger partial charge in [-0.1, -0.05) is 6.07 Å². The van der Waals surface area contributed by atoms with Crippen LogP contribution in [0.1, 0.15) is 26.3 Å². The van der Waals surface area contributed by atoms with Gasteiger partial charge in [0.1, 0.15) is 17.1 Å². The molecule has 5 N–H and O–H groups in total. The minimum atomic E-state index is -1.31. The molecular formula is C22H15NO7. The van der Waals surface area contributed by atoms with Crippen LogP contribution in [0.5, 0.6) is 5.75 Å². The second-order valence-electron chi connectivity index (χ2n) is 6.65. The molecule has 8 heteroatoms. The first-order valence-electron chi connectivity index (χ1n) is 8.84. The van der Waals surface area contributed by atoms with Gasteiger partial charge in [-0.3, -0.25) is 4.79 Å². The van der Waals surface area contributed by atoms with E-state index in [4.69, 9.17) is 10.2 Å². The Hall–Kier alpha value is -4.17. The summed E-state index contributed by atoms with van der Waals surface area (Å²) in [5, 5.41) is 29.3. The van der Waals surface area contributed by atoms with Crippen molar-refractivity contribution in [2.24, 2.45) is 5.73 Å². The first-order chi connectivity index (χ1) is 14.3. The molecule has 8 nitrogen and oxygen atoms in total. The van der Waals surface area contributed by atoms with Crippen molar-refractivity contribution in [1.29, 1.82) is 0 Å². The Morgan fingerprint density at radius 3 is 2.33 bits per heavy atom. The van der Waals surface area contributed by atoms with E-state index < -0.39 is 11.9 Å². The second kappa shape index (κ2) is 7.02. The SMILES string of the molecule is NCc1c2oc3cc(O)ccc3c(-c3ccc(C(=O)O)cc3C(=O)O)c-2ccc1=O. The Morgan fingerprint density at radius 1 is 0.933 bits per heavy atom. The van der Waals surface area contributed by atoms with E-state index in [0.717, 1.165) is 6.07 Å². The van der Waals surface area contributed by atoms with E-state index in [1.165, 1.54) is 36.4 Å². The zero-order valence-electron chi connectivity index (χ0n) is 15.4. The summed E-state index contributed by atoms with van der Waals surface area (Å²) in [6, 6.07) is 11.0. The van der Waals surface area contributed by atoms with Gasteiger partial charge in [0.05, 0.1) is 16.7 Å². The minimum absolute atomic E-state index is 0.0798. The Bertz CT molecular complexity index is 1370. The molecule has 0 bridgehead atoms. The molecule has 2 aromatic carbocycles. The maximum absolute atomic E-state index is 12.3. The van der Waals surface area contributed by atoms with Gasteiger partial charge in [-0.15, -0.1) is 0 Å². The number of hydrogen-bond acceptors (Lipinski definition) is 6. The highest BCUT2D eigenvalue weighted by atomic mass is 16.4. The lowest BCUT2D eigenvalue weighted by atomic mass is 9.88. The number of aromatic carboxylic acids is 2. The Balaban J connectivity index is 2.20. The molecule has 2 aromatic rings. The second-order valence-corrected chi connectivity index (χ2v) is 6.65. The maximum atomic E-state index is 12.3. The number of phenols is 1. The third kappa shape index (κ3) is 2.96. The summed E-state index contributed by atoms with van der Waals surface area (Å²) in [4.78, 5) is 35.5. The number of phenolic OH excluding ortho intramolecular Hbond substituents is 1. The lowest BCUT2D eigenvalue weighted by molar-refractivity contribution is 0.0696. The molecule has 2 aliphatic rings. The molecule has 0 fully saturated rings. The predicted molar refractivity (Wildman–Crippen MR) is 108 cm³/mol. The van der Waals surface area contributed by atoms with Gasteiger partial charge < -0.3 is 25.5 Å². The summed E-state index contributed by atoms with van der Waals surface area (Å²) in [6.45, 7) is -0.104. The number of carbonyl (C=O) groups is 2. The van der Waals surface area contributed by atoms with E-state index in [2.05, 4.69) is 0 Å². The zero-order valence-corrected chi connectivity index (χ0v) is 15.4. The average molecular weight is 405 g/mol. The molecule has 1 aliphatic heterocycles. The molecule has 0 atom stereocenters. The lowest BCUT2D eigenvalue weighted by Crippen LogP contribution is -2.15. The predicted octanol–water partition coefficient (Wildman–Crippen LogP) is 3.13. The summed E-state index contributed by atoms with van der Waals surface area (Å²) < 4.78 is 5.87. The van der Waals surface area contributed by atoms with Crippen molar-refractivity contribution in [2.75, 3.05) is 0 Å². The summed E-state index contributed by atoms with van der Waals surface area (Å²) in [5.41, 5.74) is 6.55. The molecule has 0 aromatic heterocycles. The number of nitrogens with two attached hydrogens (primary N) is 1. The highest BCUT2D eigenvalue weighted by Gasteiger charge is 2.25. The van der Waals surface area contributed by atoms with Crippen LogP contribution in [0.2, 0.25) is 0 Å². The number of hydrogen-bond donors (Lipinski definition) is 4. The molecule has 0 spiro atoms. The molecule has 0 saturated heterocycles. The highest BCUT2D eigenvalue weighted by molar-refractivity contribution is 6.08. The molecule has 0 unspecified atom stereocenters. The number of aromatic hydroxyl groups is 1. The quantitative estimate of drug-likeness (QED) is 0.378. The van der Waals surface area contributed by atoms with E-state index in [0.29, 0.717) is 16.5 Å². The van der Waals surface area contributed by atoms with Crippen LogP contribution < -0.4 is 11.2 Å². The maximum Gasteiger partial charge on any atom is 0.336 e. The van der Waals surface area contributed by atoms with Crippen LogP contribution in [-0.4, -0.2) is 27.3 Å². The van der Waals surface area contributed by atoms with Gasteiger partial charge in [-0.05, 0) is 42.0 Å². The van der Waals surface area contributed by atoms with Gasteiger partial charge in [0.2, 0.25) is 0 Å². The third-order valence-electron chi connectivity index (χ3n) is 4.90. The number of carboxylic acids is 2. The number of rotatable bonds is 4. The zero-order chi connectivity index (χ0) is 21.6. The van der Waals surface area contributed by atoms with Crippen molar-refractivity contribution in [2.45, 2.75) is 6.54 Å². The van der Waals surface area contributed by atoms with Gasteiger partial charge in [0.25, 0.3) is 0 Å². The molecule has 30 heavy (non-hydrogen) atoms. The van der Waals surface area contributed by atoms with E-state index in [1.807, 2.05) is 0 Å². The van der Waals surface area contributed by atoms with Crippen LogP contribution in [0.4, 0.5) is 0 Å². The molecule has 4 rings (SSSR count). The first-order valence-corrected chi connectivity index (χ1v) is 8.84. The summed E-state index contributed by atoms with van der Waals surface area (Å²) >= 11 is 0. The van der Waals surface area contributed by atoms with Gasteiger partial charge in [0.15, 0.2) is 5.43 Å². The fourth-order valence-electron chi connectivity index (χ4n) is 3.54. The van der Waals surface area contributed by atoms with Crippen molar-refractivity contribution in [3.05, 3.63) is 75.4 Å². The van der Waals surface area contributed by atoms with Crippen molar-refractivity contribution < 1.29 is 29.3 Å². The Labute approximate surface area is 168 Å². The Morgan fingerprint density at radius 2 is 1.67 bits per heavy atom. The largest absolute Gasteiger partial charge is 0.508 e. The highest BCUT2D eigenvalue weighted by Crippen LogP contribution is 2.43. The average Bonchev–Trinajstić information content (AvgIpc) is 2.71. The lowest BCUT2D eigenvalue weighted by Gasteiger charge is -2.18. The summed E-state index contributed by atoms with van der Waals surface area (Å²) in [6.07, 6.45) is 0. The van der Waals surface area contributed by atoms with Gasteiger partial charge in [-0.25, -0.2) is 9.59 Å². The van der Waals surface area contributed by atoms with E-state index in [9.17, 15) is 29.7 Å². The molecule has 0 amide bonds. The van der Waals surface area contributed by atoms with Crippen LogP contribution in [-0.2, 0) is 6.54 Å². The monoisotopic (exact) mass is 405 g/mol. The van der Waals surface area contributed by atoms with Crippen LogP contribution in [0.15, 0.2) is 57.7 Å². The van der Waals surface area contributed by atoms with Gasteiger partial charge >= 0.3 is 11.9 Å². The van der Waals surface area contributed by atoms with Crippen molar-refractivity contribution in [3.63, 3.8) is 0 Å². The van der Waals surface area contributed by atoms with Crippen LogP contribution in [0.25, 0.3) is 33.4 Å². The fourth-order valence-corrected chi connectivity index (χ4v) is 3.54. The normalized spacial score (nSPS) is 11.1. The minimum Gasteiger partial charge on any atom is -0.508 e. The van der Waals surface area contributed by atoms with Crippen molar-refractivity contribution in [3.8, 4) is 28.2 Å². The number of benzene rings is 3. The third-order valence-corrected chi connectivity index (χ3v) is 4.90. The van der Waals surface area contributed by atoms with Gasteiger partial charge in [-0.2, -0.15) is 0 Å². The molecule has 1 heterocycles. The summed E-state index contributed by atoms with van der Waals surface area (Å²) in [7, 11) is 0. The molecular weight excluding hydrogens is 390 g/mol. The number of carboxylic acid groups (broad SMARTS) is 2. The molecule has 1 aliphatic carbocycles. The standard InChI is InChI=1S/C22H15NO7/c23-9-16-17(25)6-5-14-19(13-4-2-11(24)8-18(13)30-20(14)16)12-3-1-10(21(26)27)7-15(12)22(28)29/h1-8,24H,9,23H2,(H,26,27)(H,28,29). The van der Waals surface area contributed by atoms with Crippen LogP contribution >= 0.6 is 0 Å². The molecule has 0 saturated carbocycles. The first kappa shape index (κ1) is 19.2. The molecule has 150 valence electrons. The Kier molecular flexibility index (Phi) is 4.48. The van der Waals surface area contributed by atoms with E-state index >= 15 is 0 Å². The van der Waals surface area contributed by atoms with E-state index in [1.54, 1.807) is 6.07 Å². The van der Waals surface area contributed by atoms with Crippen molar-refractivity contribution >= 4 is 22.9 Å². The van der Waals surface area contributed by atoms with Crippen molar-refractivity contribution in [1.82, 2.24) is 0 Å². The van der Waals surface area contributed by atoms with Gasteiger partial charge in [0, 0.05) is 29.1 Å². The molecule has 0 radical (unpaired) electrons. The van der Waals surface area contributed by atoms with Crippen LogP contribution in [0, 0.1) is 0 Å². The number of fused-ring (bicyclic) bond motifs is 2. The summed E-state index contributed by atoms with van der Waals surface area (Å²) in [5.74, 6) is -2.47. The topological polar surface area (TPSA) is 151 Å². The fraction of sp³-hybridized carbons (Fsp3) is 0.0455. The smallest absolute Gasteiger partial charge is 0.336 e.